The maximum Gasteiger partial charge on any atom is 0.228 e. The molecule has 0 aliphatic carbocycles. The number of benzene rings is 2. The molecule has 180 valence electrons. The Hall–Kier alpha value is -1.65. The van der Waals surface area contributed by atoms with Crippen LogP contribution in [0, 0.1) is 6.92 Å². The average molecular weight is 528 g/mol. The number of nitrogens with zero attached hydrogens (tertiary/aromatic N) is 3. The number of amides is 1. The first kappa shape index (κ1) is 27.6. The summed E-state index contributed by atoms with van der Waals surface area (Å²) >= 11 is 3.16. The number of likely N-dealkylation sites (N-methyl/N-ethyl adjacent to an activating group) is 1. The van der Waals surface area contributed by atoms with Crippen LogP contribution in [0.5, 0.6) is 0 Å². The SMILES string of the molecule is CSc1ccc2nc(N(CCN(C)C)C(=O)CCCS(=O)(=O)c3ccc(C)cc3)sc2c1.Cl. The number of thiazole rings is 1. The number of aryl methyl sites for hydroxylation is 1. The van der Waals surface area contributed by atoms with Gasteiger partial charge in [-0.3, -0.25) is 9.69 Å². The Morgan fingerprint density at radius 3 is 2.42 bits per heavy atom. The van der Waals surface area contributed by atoms with Crippen molar-refractivity contribution in [2.75, 3.05) is 44.1 Å². The molecule has 3 rings (SSSR count). The third-order valence-electron chi connectivity index (χ3n) is 5.07. The van der Waals surface area contributed by atoms with Crippen LogP contribution < -0.4 is 4.90 Å². The number of hydrogen-bond acceptors (Lipinski definition) is 7. The number of thioether (sulfide) groups is 1. The minimum Gasteiger partial charge on any atom is -0.308 e. The number of hydrogen-bond donors (Lipinski definition) is 0. The monoisotopic (exact) mass is 527 g/mol. The van der Waals surface area contributed by atoms with Gasteiger partial charge in [0.05, 0.1) is 20.9 Å². The Kier molecular flexibility index (Phi) is 10.2. The summed E-state index contributed by atoms with van der Waals surface area (Å²) in [6, 6.07) is 12.9. The highest BCUT2D eigenvalue weighted by atomic mass is 35.5. The van der Waals surface area contributed by atoms with E-state index in [2.05, 4.69) is 11.1 Å². The van der Waals surface area contributed by atoms with Crippen molar-refractivity contribution in [2.45, 2.75) is 29.6 Å². The lowest BCUT2D eigenvalue weighted by atomic mass is 10.2. The molecule has 0 unspecified atom stereocenters. The highest BCUT2D eigenvalue weighted by molar-refractivity contribution is 7.98. The summed E-state index contributed by atoms with van der Waals surface area (Å²) in [4.78, 5) is 22.9. The number of anilines is 1. The first-order chi connectivity index (χ1) is 15.2. The fraction of sp³-hybridized carbons (Fsp3) is 0.391. The number of carbonyl (C=O) groups is 1. The van der Waals surface area contributed by atoms with E-state index < -0.39 is 9.84 Å². The molecule has 3 aromatic rings. The Bertz CT molecular complexity index is 1180. The fourth-order valence-corrected chi connectivity index (χ4v) is 6.05. The van der Waals surface area contributed by atoms with Gasteiger partial charge in [0.15, 0.2) is 15.0 Å². The van der Waals surface area contributed by atoms with E-state index in [9.17, 15) is 13.2 Å². The number of halogens is 1. The largest absolute Gasteiger partial charge is 0.308 e. The number of carbonyl (C=O) groups excluding carboxylic acids is 1. The Morgan fingerprint density at radius 2 is 1.79 bits per heavy atom. The molecule has 0 saturated heterocycles. The lowest BCUT2D eigenvalue weighted by Crippen LogP contribution is -2.36. The van der Waals surface area contributed by atoms with E-state index in [-0.39, 0.29) is 36.9 Å². The van der Waals surface area contributed by atoms with E-state index >= 15 is 0 Å². The predicted octanol–water partition coefficient (Wildman–Crippen LogP) is 4.90. The first-order valence-corrected chi connectivity index (χ1v) is 14.1. The summed E-state index contributed by atoms with van der Waals surface area (Å²) in [7, 11) is 0.505. The van der Waals surface area contributed by atoms with Gasteiger partial charge in [-0.05, 0) is 64.0 Å². The summed E-state index contributed by atoms with van der Waals surface area (Å²) in [6.07, 6.45) is 2.46. The minimum atomic E-state index is -3.41. The lowest BCUT2D eigenvalue weighted by molar-refractivity contribution is -0.118. The lowest BCUT2D eigenvalue weighted by Gasteiger charge is -2.22. The van der Waals surface area contributed by atoms with Crippen molar-refractivity contribution in [1.82, 2.24) is 9.88 Å². The Labute approximate surface area is 210 Å². The summed E-state index contributed by atoms with van der Waals surface area (Å²) in [5, 5.41) is 0.659. The van der Waals surface area contributed by atoms with Gasteiger partial charge < -0.3 is 4.90 Å². The van der Waals surface area contributed by atoms with Crippen LogP contribution >= 0.6 is 35.5 Å². The van der Waals surface area contributed by atoms with Crippen LogP contribution in [-0.4, -0.2) is 63.4 Å². The van der Waals surface area contributed by atoms with Gasteiger partial charge in [-0.25, -0.2) is 13.4 Å². The van der Waals surface area contributed by atoms with Gasteiger partial charge in [0.2, 0.25) is 5.91 Å². The maximum atomic E-state index is 13.1. The van der Waals surface area contributed by atoms with Crippen LogP contribution in [0.15, 0.2) is 52.3 Å². The summed E-state index contributed by atoms with van der Waals surface area (Å²) in [6.45, 7) is 3.12. The average Bonchev–Trinajstić information content (AvgIpc) is 3.16. The third-order valence-corrected chi connectivity index (χ3v) is 8.65. The maximum absolute atomic E-state index is 13.1. The molecule has 10 heteroatoms. The number of rotatable bonds is 10. The standard InChI is InChI=1S/C23H29N3O3S3.ClH/c1-17-7-10-19(11-8-17)32(28,29)15-5-6-22(27)26(14-13-25(2)3)23-24-20-12-9-18(30-4)16-21(20)31-23;/h7-12,16H,5-6,13-15H2,1-4H3;1H. The van der Waals surface area contributed by atoms with E-state index in [1.807, 2.05) is 44.3 Å². The molecule has 2 aromatic carbocycles. The van der Waals surface area contributed by atoms with E-state index in [4.69, 9.17) is 0 Å². The number of sulfone groups is 1. The second kappa shape index (κ2) is 12.2. The van der Waals surface area contributed by atoms with Gasteiger partial charge in [0.1, 0.15) is 0 Å². The molecule has 33 heavy (non-hydrogen) atoms. The van der Waals surface area contributed by atoms with E-state index in [1.165, 1.54) is 11.3 Å². The van der Waals surface area contributed by atoms with E-state index in [0.29, 0.717) is 23.1 Å². The van der Waals surface area contributed by atoms with Crippen molar-refractivity contribution < 1.29 is 13.2 Å². The van der Waals surface area contributed by atoms with Gasteiger partial charge in [0, 0.05) is 24.4 Å². The molecular formula is C23H30ClN3O3S3. The van der Waals surface area contributed by atoms with Gasteiger partial charge in [0.25, 0.3) is 0 Å². The van der Waals surface area contributed by atoms with E-state index in [0.717, 1.165) is 20.7 Å². The van der Waals surface area contributed by atoms with Crippen molar-refractivity contribution >= 4 is 66.6 Å². The normalized spacial score (nSPS) is 11.5. The molecule has 0 fully saturated rings. The molecule has 0 aliphatic rings. The second-order valence-electron chi connectivity index (χ2n) is 7.91. The zero-order valence-corrected chi connectivity index (χ0v) is 22.5. The smallest absolute Gasteiger partial charge is 0.228 e. The molecule has 1 heterocycles. The predicted molar refractivity (Wildman–Crippen MR) is 142 cm³/mol. The molecule has 6 nitrogen and oxygen atoms in total. The van der Waals surface area contributed by atoms with Gasteiger partial charge >= 0.3 is 0 Å². The second-order valence-corrected chi connectivity index (χ2v) is 11.9. The van der Waals surface area contributed by atoms with Crippen molar-refractivity contribution in [1.29, 1.82) is 0 Å². The molecule has 0 spiro atoms. The number of fused-ring (bicyclic) bond motifs is 1. The molecule has 0 radical (unpaired) electrons. The van der Waals surface area contributed by atoms with Crippen molar-refractivity contribution in [3.8, 4) is 0 Å². The van der Waals surface area contributed by atoms with Gasteiger partial charge in [-0.2, -0.15) is 0 Å². The fourth-order valence-electron chi connectivity index (χ4n) is 3.17. The van der Waals surface area contributed by atoms with Crippen LogP contribution in [0.2, 0.25) is 0 Å². The summed E-state index contributed by atoms with van der Waals surface area (Å²) in [5.74, 6) is -0.157. The molecular weight excluding hydrogens is 498 g/mol. The quantitative estimate of drug-likeness (QED) is 0.349. The molecule has 0 saturated carbocycles. The van der Waals surface area contributed by atoms with Crippen LogP contribution in [0.3, 0.4) is 0 Å². The molecule has 0 aliphatic heterocycles. The molecule has 0 atom stereocenters. The van der Waals surface area contributed by atoms with Gasteiger partial charge in [-0.15, -0.1) is 24.2 Å². The Morgan fingerprint density at radius 1 is 1.09 bits per heavy atom. The third kappa shape index (κ3) is 7.42. The minimum absolute atomic E-state index is 0. The zero-order valence-electron chi connectivity index (χ0n) is 19.3. The van der Waals surface area contributed by atoms with Crippen LogP contribution in [-0.2, 0) is 14.6 Å². The van der Waals surface area contributed by atoms with Crippen molar-refractivity contribution in [3.63, 3.8) is 0 Å². The van der Waals surface area contributed by atoms with Crippen LogP contribution in [0.1, 0.15) is 18.4 Å². The highest BCUT2D eigenvalue weighted by Gasteiger charge is 2.21. The molecule has 1 amide bonds. The molecule has 0 bridgehead atoms. The Balaban J connectivity index is 0.00000385. The number of aromatic nitrogens is 1. The van der Waals surface area contributed by atoms with Crippen molar-refractivity contribution in [3.05, 3.63) is 48.0 Å². The summed E-state index contributed by atoms with van der Waals surface area (Å²) in [5.41, 5.74) is 1.88. The highest BCUT2D eigenvalue weighted by Crippen LogP contribution is 2.32. The first-order valence-electron chi connectivity index (χ1n) is 10.4. The molecule has 0 N–H and O–H groups in total. The topological polar surface area (TPSA) is 70.6 Å². The van der Waals surface area contributed by atoms with E-state index in [1.54, 1.807) is 40.9 Å². The van der Waals surface area contributed by atoms with Crippen LogP contribution in [0.4, 0.5) is 5.13 Å². The summed E-state index contributed by atoms with van der Waals surface area (Å²) < 4.78 is 26.3. The molecule has 1 aromatic heterocycles. The van der Waals surface area contributed by atoms with Crippen molar-refractivity contribution in [2.24, 2.45) is 0 Å². The van der Waals surface area contributed by atoms with Crippen LogP contribution in [0.25, 0.3) is 10.2 Å². The zero-order chi connectivity index (χ0) is 23.3. The van der Waals surface area contributed by atoms with Gasteiger partial charge in [-0.1, -0.05) is 29.0 Å².